The van der Waals surface area contributed by atoms with Gasteiger partial charge in [-0.05, 0) is 161 Å². The van der Waals surface area contributed by atoms with E-state index in [1.807, 2.05) is 75.5 Å². The van der Waals surface area contributed by atoms with Crippen molar-refractivity contribution < 1.29 is 80.4 Å². The molecule has 0 saturated heterocycles. The maximum atomic E-state index is 13.6. The van der Waals surface area contributed by atoms with Crippen molar-refractivity contribution in [2.75, 3.05) is 11.1 Å². The smallest absolute Gasteiger partial charge is 0.399 e. The Balaban J connectivity index is 0.000000214. The van der Waals surface area contributed by atoms with Crippen LogP contribution in [0.4, 0.5) is 56.7 Å². The topological polar surface area (TPSA) is 142 Å². The van der Waals surface area contributed by atoms with Crippen molar-refractivity contribution in [1.29, 1.82) is 0 Å². The van der Waals surface area contributed by atoms with Crippen LogP contribution >= 0.6 is 58.0 Å². The van der Waals surface area contributed by atoms with Gasteiger partial charge in [-0.15, -0.1) is 0 Å². The molecule has 476 valence electrons. The molecule has 0 atom stereocenters. The fourth-order valence-electron chi connectivity index (χ4n) is 7.85. The minimum absolute atomic E-state index is 0. The predicted octanol–water partition coefficient (Wildman–Crippen LogP) is 19.5. The largest absolute Gasteiger partial charge is 0.435 e. The van der Waals surface area contributed by atoms with E-state index in [-0.39, 0.29) is 85.9 Å². The summed E-state index contributed by atoms with van der Waals surface area (Å²) in [6.45, 7) is 11.4. The Bertz CT molecular complexity index is 4300. The molecule has 90 heavy (non-hydrogen) atoms. The number of nitrogens with two attached hydrogens (primary N) is 1. The fourth-order valence-corrected chi connectivity index (χ4v) is 8.72. The molecular weight excluding hydrogens is 1470 g/mol. The minimum Gasteiger partial charge on any atom is -0.399 e. The van der Waals surface area contributed by atoms with Crippen LogP contribution in [0, 0.1) is 41.5 Å². The van der Waals surface area contributed by atoms with Gasteiger partial charge in [0.25, 0.3) is 0 Å². The number of rotatable bonds is 4. The SMILES string of the molecule is Cc1ccc(-c2c(C(F)(F)F)nc3ccccn23)nc1Cl.Cc1ccc(-c2c(C(F)(F)F)nc3ccccn23)nc1Nc1ccc(C(F)(F)F)cc1.Cc1ccc(Cl)nc1Cl.Cc1ccc(N)cc1.Cc1nc2ccccn2c1C.Clc1cccc(Cl)n1.[Pd].[Pd]. The second-order valence-electron chi connectivity index (χ2n) is 19.0. The van der Waals surface area contributed by atoms with E-state index < -0.39 is 35.5 Å². The molecule has 12 aromatic rings. The Kier molecular flexibility index (Phi) is 26.4. The quantitative estimate of drug-likeness (QED) is 0.0762. The minimum atomic E-state index is -4.70. The number of nitrogens with one attached hydrogen (secondary N) is 1. The molecule has 2 aromatic carbocycles. The molecule has 3 N–H and O–H groups in total. The van der Waals surface area contributed by atoms with Crippen LogP contribution in [0.5, 0.6) is 0 Å². The van der Waals surface area contributed by atoms with E-state index in [0.717, 1.165) is 34.7 Å². The zero-order valence-electron chi connectivity index (χ0n) is 47.7. The molecule has 0 fully saturated rings. The van der Waals surface area contributed by atoms with Crippen LogP contribution < -0.4 is 11.1 Å². The third-order valence-electron chi connectivity index (χ3n) is 12.5. The molecule has 0 spiro atoms. The second kappa shape index (κ2) is 32.2. The van der Waals surface area contributed by atoms with Crippen molar-refractivity contribution in [3.63, 3.8) is 0 Å². The maximum Gasteiger partial charge on any atom is 0.435 e. The van der Waals surface area contributed by atoms with Crippen LogP contribution in [0.25, 0.3) is 39.7 Å². The standard InChI is InChI=1S/C21H14F6N4.C14H9ClF3N3.C9H10N2.C7H9N.C6H5Cl2N.C5H3Cl2N.2Pd/c1-12-5-10-15(17-18(21(25,26)27)30-16-4-2-3-11-31(16)17)29-19(12)28-14-8-6-13(7-9-14)20(22,23)24;1-8-5-6-9(19-13(8)15)11-12(14(16,17)18)20-10-4-2-3-7-21(10)11;1-7-8(2)11-6-4-3-5-9(11)10-7;1-6-2-4-7(8)5-3-6;1-4-2-3-5(7)9-6(4)8;6-4-2-1-3-5(7)8-4;;/h2-11H,1H3,(H,28,29);2-7H,1H3;3-6H,1-2H3;2-5H,8H2,1H3;2-3H,1H3;1-3H;;. The molecule has 0 radical (unpaired) electrons. The van der Waals surface area contributed by atoms with Crippen LogP contribution in [0.3, 0.4) is 0 Å². The van der Waals surface area contributed by atoms with Crippen molar-refractivity contribution in [2.24, 2.45) is 0 Å². The van der Waals surface area contributed by atoms with Crippen LogP contribution in [-0.2, 0) is 59.4 Å². The Morgan fingerprint density at radius 3 is 1.24 bits per heavy atom. The number of aromatic nitrogens is 10. The van der Waals surface area contributed by atoms with Gasteiger partial charge in [0.05, 0.1) is 22.6 Å². The van der Waals surface area contributed by atoms with E-state index in [2.05, 4.69) is 51.5 Å². The summed E-state index contributed by atoms with van der Waals surface area (Å²) < 4.78 is 124. The molecule has 0 saturated carbocycles. The molecule has 0 aliphatic heterocycles. The first-order chi connectivity index (χ1) is 41.5. The molecule has 10 heterocycles. The van der Waals surface area contributed by atoms with Gasteiger partial charge in [-0.2, -0.15) is 39.5 Å². The van der Waals surface area contributed by atoms with Crippen molar-refractivity contribution >= 4 is 92.1 Å². The van der Waals surface area contributed by atoms with E-state index >= 15 is 0 Å². The average Bonchev–Trinajstić information content (AvgIpc) is 1.89. The Hall–Kier alpha value is -7.15. The van der Waals surface area contributed by atoms with Crippen LogP contribution in [-0.4, -0.2) is 48.1 Å². The van der Waals surface area contributed by atoms with Crippen molar-refractivity contribution in [3.8, 4) is 22.8 Å². The Morgan fingerprint density at radius 1 is 0.400 bits per heavy atom. The number of pyridine rings is 7. The van der Waals surface area contributed by atoms with Crippen LogP contribution in [0.15, 0.2) is 176 Å². The molecule has 28 heteroatoms. The third-order valence-corrected chi connectivity index (χ3v) is 13.9. The van der Waals surface area contributed by atoms with Gasteiger partial charge < -0.3 is 15.5 Å². The predicted molar refractivity (Wildman–Crippen MR) is 330 cm³/mol. The van der Waals surface area contributed by atoms with Gasteiger partial charge in [0.2, 0.25) is 0 Å². The van der Waals surface area contributed by atoms with E-state index in [4.69, 9.17) is 63.7 Å². The maximum absolute atomic E-state index is 13.6. The zero-order chi connectivity index (χ0) is 64.3. The molecule has 10 aromatic heterocycles. The first-order valence-corrected chi connectivity index (χ1v) is 27.8. The monoisotopic (exact) mass is 1520 g/mol. The van der Waals surface area contributed by atoms with Crippen LogP contribution in [0.2, 0.25) is 25.8 Å². The average molecular weight is 1520 g/mol. The normalized spacial score (nSPS) is 11.0. The molecule has 0 unspecified atom stereocenters. The summed E-state index contributed by atoms with van der Waals surface area (Å²) in [5.41, 5.74) is 10.7. The second-order valence-corrected chi connectivity index (χ2v) is 20.9. The summed E-state index contributed by atoms with van der Waals surface area (Å²) in [5, 5.41) is 4.81. The van der Waals surface area contributed by atoms with E-state index in [9.17, 15) is 39.5 Å². The molecule has 12 rings (SSSR count). The zero-order valence-corrected chi connectivity index (χ0v) is 54.6. The van der Waals surface area contributed by atoms with Crippen molar-refractivity contribution in [1.82, 2.24) is 48.1 Å². The van der Waals surface area contributed by atoms with Gasteiger partial charge in [-0.3, -0.25) is 8.80 Å². The van der Waals surface area contributed by atoms with Crippen molar-refractivity contribution in [2.45, 2.75) is 60.1 Å². The number of alkyl halides is 9. The number of aryl methyl sites for hydroxylation is 6. The summed E-state index contributed by atoms with van der Waals surface area (Å²) in [5.74, 6) is 0.219. The number of nitrogen functional groups attached to an aromatic ring is 1. The summed E-state index contributed by atoms with van der Waals surface area (Å²) in [6, 6.07) is 42.3. The molecule has 0 amide bonds. The summed E-state index contributed by atoms with van der Waals surface area (Å²) in [4.78, 5) is 27.6. The number of anilines is 3. The van der Waals surface area contributed by atoms with Gasteiger partial charge in [0.1, 0.15) is 59.9 Å². The molecular formula is C62H50Cl5F9N12Pd2. The van der Waals surface area contributed by atoms with Crippen molar-refractivity contribution in [3.05, 3.63) is 253 Å². The van der Waals surface area contributed by atoms with Gasteiger partial charge in [-0.1, -0.05) is 118 Å². The molecule has 0 aliphatic rings. The summed E-state index contributed by atoms with van der Waals surface area (Å²) in [6.07, 6.45) is -8.73. The first kappa shape index (κ1) is 73.6. The van der Waals surface area contributed by atoms with Gasteiger partial charge in [0.15, 0.2) is 11.4 Å². The Morgan fingerprint density at radius 2 is 0.833 bits per heavy atom. The van der Waals surface area contributed by atoms with E-state index in [1.54, 1.807) is 74.5 Å². The number of benzene rings is 2. The van der Waals surface area contributed by atoms with E-state index in [1.165, 1.54) is 68.9 Å². The number of fused-ring (bicyclic) bond motifs is 3. The van der Waals surface area contributed by atoms with Crippen LogP contribution in [0.1, 0.15) is 50.6 Å². The third kappa shape index (κ3) is 19.9. The number of halogens is 14. The first-order valence-electron chi connectivity index (χ1n) is 25.9. The fraction of sp³-hybridized carbons (Fsp3) is 0.145. The Labute approximate surface area is 563 Å². The van der Waals surface area contributed by atoms with Gasteiger partial charge >= 0.3 is 18.5 Å². The number of nitrogens with zero attached hydrogens (tertiary/aromatic N) is 10. The number of hydrogen-bond donors (Lipinski definition) is 2. The van der Waals surface area contributed by atoms with E-state index in [0.29, 0.717) is 37.4 Å². The summed E-state index contributed by atoms with van der Waals surface area (Å²) in [7, 11) is 0. The van der Waals surface area contributed by atoms with Gasteiger partial charge in [0, 0.05) is 76.5 Å². The van der Waals surface area contributed by atoms with Gasteiger partial charge in [-0.25, -0.2) is 34.9 Å². The molecule has 0 aliphatic carbocycles. The number of hydrogen-bond acceptors (Lipinski definition) is 9. The molecule has 0 bridgehead atoms. The number of imidazole rings is 3. The molecule has 12 nitrogen and oxygen atoms in total. The summed E-state index contributed by atoms with van der Waals surface area (Å²) >= 11 is 28.0.